The molecule has 0 saturated heterocycles. The third-order valence-corrected chi connectivity index (χ3v) is 4.51. The van der Waals surface area contributed by atoms with Crippen LogP contribution in [0.3, 0.4) is 0 Å². The third-order valence-electron chi connectivity index (χ3n) is 4.51. The smallest absolute Gasteiger partial charge is 0.190 e. The molecule has 0 fully saturated rings. The minimum absolute atomic E-state index is 0.0328. The van der Waals surface area contributed by atoms with E-state index < -0.39 is 12.2 Å². The van der Waals surface area contributed by atoms with Crippen LogP contribution in [0.4, 0.5) is 0 Å². The van der Waals surface area contributed by atoms with Crippen LogP contribution in [0.1, 0.15) is 58.8 Å². The normalized spacial score (nSPS) is 16.2. The molecule has 0 bridgehead atoms. The van der Waals surface area contributed by atoms with Gasteiger partial charge in [-0.15, -0.1) is 0 Å². The van der Waals surface area contributed by atoms with Crippen LogP contribution in [0.15, 0.2) is 48.5 Å². The van der Waals surface area contributed by atoms with Gasteiger partial charge in [0.15, 0.2) is 23.4 Å². The first-order valence-corrected chi connectivity index (χ1v) is 10.9. The van der Waals surface area contributed by atoms with E-state index in [1.54, 1.807) is 0 Å². The topological polar surface area (TPSA) is 67.8 Å². The number of ketones is 1. The molecular formula is C25H37NO4. The maximum Gasteiger partial charge on any atom is 0.190 e. The molecule has 1 heterocycles. The molecule has 3 atom stereocenters. The summed E-state index contributed by atoms with van der Waals surface area (Å²) >= 11 is 0. The van der Waals surface area contributed by atoms with E-state index in [1.165, 1.54) is 6.92 Å². The molecule has 30 heavy (non-hydrogen) atoms. The highest BCUT2D eigenvalue weighted by atomic mass is 16.6. The Balaban J connectivity index is 0.00000106. The van der Waals surface area contributed by atoms with E-state index in [0.29, 0.717) is 18.0 Å². The summed E-state index contributed by atoms with van der Waals surface area (Å²) in [6, 6.07) is 15.6. The Hall–Kier alpha value is -2.37. The summed E-state index contributed by atoms with van der Waals surface area (Å²) in [5.74, 6) is 1.26. The molecule has 0 aromatic heterocycles. The molecule has 166 valence electrons. The van der Waals surface area contributed by atoms with Gasteiger partial charge in [0.25, 0.3) is 0 Å². The molecule has 5 nitrogen and oxygen atoms in total. The maximum absolute atomic E-state index is 11.4. The van der Waals surface area contributed by atoms with Crippen molar-refractivity contribution >= 4 is 5.78 Å². The number of rotatable bonds is 7. The second-order valence-corrected chi connectivity index (χ2v) is 6.75. The number of ether oxygens (including phenoxy) is 2. The first kappa shape index (κ1) is 25.7. The number of aliphatic hydroxyl groups is 1. The predicted molar refractivity (Wildman–Crippen MR) is 122 cm³/mol. The number of hydrogen-bond donors (Lipinski definition) is 2. The molecule has 0 aliphatic carbocycles. The Bertz CT molecular complexity index is 748. The van der Waals surface area contributed by atoms with Crippen molar-refractivity contribution in [2.24, 2.45) is 0 Å². The van der Waals surface area contributed by atoms with Crippen molar-refractivity contribution < 1.29 is 19.4 Å². The van der Waals surface area contributed by atoms with Crippen LogP contribution in [0.5, 0.6) is 11.5 Å². The highest BCUT2D eigenvalue weighted by Crippen LogP contribution is 2.33. The molecule has 1 aliphatic heterocycles. The summed E-state index contributed by atoms with van der Waals surface area (Å²) in [4.78, 5) is 11.4. The highest BCUT2D eigenvalue weighted by Gasteiger charge is 2.24. The molecular weight excluding hydrogens is 378 g/mol. The second-order valence-electron chi connectivity index (χ2n) is 6.75. The first-order chi connectivity index (χ1) is 14.5. The summed E-state index contributed by atoms with van der Waals surface area (Å²) in [5, 5.41) is 13.6. The fourth-order valence-corrected chi connectivity index (χ4v) is 2.97. The maximum atomic E-state index is 11.4. The van der Waals surface area contributed by atoms with Crippen molar-refractivity contribution in [2.75, 3.05) is 13.2 Å². The second kappa shape index (κ2) is 13.8. The van der Waals surface area contributed by atoms with Gasteiger partial charge < -0.3 is 19.9 Å². The van der Waals surface area contributed by atoms with Crippen LogP contribution in [0, 0.1) is 0 Å². The quantitative estimate of drug-likeness (QED) is 0.685. The fourth-order valence-electron chi connectivity index (χ4n) is 2.97. The fraction of sp³-hybridized carbons (Fsp3) is 0.480. The van der Waals surface area contributed by atoms with Gasteiger partial charge in [-0.25, -0.2) is 0 Å². The van der Waals surface area contributed by atoms with Crippen LogP contribution in [-0.4, -0.2) is 36.2 Å². The summed E-state index contributed by atoms with van der Waals surface area (Å²) in [7, 11) is 0. The van der Waals surface area contributed by atoms with E-state index in [0.717, 1.165) is 17.5 Å². The molecule has 2 N–H and O–H groups in total. The third kappa shape index (κ3) is 7.81. The van der Waals surface area contributed by atoms with Gasteiger partial charge in [-0.2, -0.15) is 0 Å². The van der Waals surface area contributed by atoms with Gasteiger partial charge in [0, 0.05) is 12.6 Å². The summed E-state index contributed by atoms with van der Waals surface area (Å²) in [6.45, 7) is 12.3. The Labute approximate surface area is 181 Å². The Morgan fingerprint density at radius 3 is 2.40 bits per heavy atom. The zero-order valence-electron chi connectivity index (χ0n) is 19.1. The van der Waals surface area contributed by atoms with Crippen molar-refractivity contribution in [3.05, 3.63) is 59.7 Å². The van der Waals surface area contributed by atoms with E-state index in [9.17, 15) is 9.90 Å². The van der Waals surface area contributed by atoms with Crippen LogP contribution in [0.25, 0.3) is 0 Å². The zero-order valence-corrected chi connectivity index (χ0v) is 19.1. The number of carbonyl (C=O) groups excluding carboxylic acids is 1. The number of carbonyl (C=O) groups is 1. The lowest BCUT2D eigenvalue weighted by atomic mass is 10.0. The average Bonchev–Trinajstić information content (AvgIpc) is 2.80. The molecule has 2 aromatic rings. The number of fused-ring (bicyclic) bond motifs is 1. The van der Waals surface area contributed by atoms with E-state index >= 15 is 0 Å². The van der Waals surface area contributed by atoms with E-state index in [2.05, 4.69) is 12.2 Å². The molecule has 1 aliphatic rings. The van der Waals surface area contributed by atoms with Gasteiger partial charge in [-0.05, 0) is 43.5 Å². The van der Waals surface area contributed by atoms with E-state index in [4.69, 9.17) is 9.47 Å². The number of Topliss-reactive ketones (excluding diaryl/α,β-unsaturated/α-hetero) is 1. The average molecular weight is 416 g/mol. The summed E-state index contributed by atoms with van der Waals surface area (Å²) < 4.78 is 11.3. The summed E-state index contributed by atoms with van der Waals surface area (Å²) in [5.41, 5.74) is 2.02. The predicted octanol–water partition coefficient (Wildman–Crippen LogP) is 4.72. The Morgan fingerprint density at radius 2 is 1.77 bits per heavy atom. The Morgan fingerprint density at radius 1 is 1.10 bits per heavy atom. The molecule has 5 heteroatoms. The van der Waals surface area contributed by atoms with Crippen molar-refractivity contribution in [3.63, 3.8) is 0 Å². The highest BCUT2D eigenvalue weighted by molar-refractivity contribution is 5.81. The number of benzene rings is 2. The number of aliphatic hydroxyl groups excluding tert-OH is 1. The van der Waals surface area contributed by atoms with Crippen molar-refractivity contribution in [1.82, 2.24) is 5.32 Å². The largest absolute Gasteiger partial charge is 0.485 e. The molecule has 0 spiro atoms. The standard InChI is InChI=1S/C21H25NO4.2C2H6/c1-14(22-12-18(24)17-6-4-3-5-7-17)10-16-8-9-19-20(11-16)25-13-21(26-19)15(2)23;2*1-2/h3-9,11,14,18,21-22,24H,10,12-13H2,1-2H3;2*1-2H3/t14-,18-,21-;;/m1../s1. The number of hydrogen-bond acceptors (Lipinski definition) is 5. The van der Waals surface area contributed by atoms with Crippen LogP contribution < -0.4 is 14.8 Å². The van der Waals surface area contributed by atoms with E-state index in [1.807, 2.05) is 76.2 Å². The van der Waals surface area contributed by atoms with Gasteiger partial charge >= 0.3 is 0 Å². The number of nitrogens with one attached hydrogen (secondary N) is 1. The van der Waals surface area contributed by atoms with Crippen molar-refractivity contribution in [3.8, 4) is 11.5 Å². The summed E-state index contributed by atoms with van der Waals surface area (Å²) in [6.07, 6.45) is -0.246. The van der Waals surface area contributed by atoms with Gasteiger partial charge in [0.1, 0.15) is 6.61 Å². The lowest BCUT2D eigenvalue weighted by molar-refractivity contribution is -0.125. The van der Waals surface area contributed by atoms with Crippen LogP contribution in [0.2, 0.25) is 0 Å². The lowest BCUT2D eigenvalue weighted by Gasteiger charge is -2.25. The van der Waals surface area contributed by atoms with Crippen molar-refractivity contribution in [2.45, 2.75) is 66.2 Å². The van der Waals surface area contributed by atoms with E-state index in [-0.39, 0.29) is 18.4 Å². The van der Waals surface area contributed by atoms with Crippen LogP contribution >= 0.6 is 0 Å². The lowest BCUT2D eigenvalue weighted by Crippen LogP contribution is -2.35. The van der Waals surface area contributed by atoms with Gasteiger partial charge in [0.05, 0.1) is 6.10 Å². The molecule has 0 unspecified atom stereocenters. The Kier molecular flexibility index (Phi) is 11.8. The molecule has 0 saturated carbocycles. The monoisotopic (exact) mass is 415 g/mol. The van der Waals surface area contributed by atoms with Crippen LogP contribution in [-0.2, 0) is 11.2 Å². The molecule has 2 aromatic carbocycles. The molecule has 0 radical (unpaired) electrons. The van der Waals surface area contributed by atoms with Gasteiger partial charge in [-0.1, -0.05) is 64.1 Å². The first-order valence-electron chi connectivity index (χ1n) is 10.9. The SMILES string of the molecule is CC.CC.CC(=O)[C@H]1COc2cc(C[C@@H](C)NC[C@@H](O)c3ccccc3)ccc2O1. The molecule has 3 rings (SSSR count). The van der Waals surface area contributed by atoms with Gasteiger partial charge in [-0.3, -0.25) is 4.79 Å². The minimum atomic E-state index is -0.526. The van der Waals surface area contributed by atoms with Gasteiger partial charge in [0.2, 0.25) is 0 Å². The minimum Gasteiger partial charge on any atom is -0.485 e. The zero-order chi connectivity index (χ0) is 22.5. The molecule has 0 amide bonds. The van der Waals surface area contributed by atoms with Crippen molar-refractivity contribution in [1.29, 1.82) is 0 Å².